The zero-order chi connectivity index (χ0) is 20.1. The molecule has 0 radical (unpaired) electrons. The average Bonchev–Trinajstić information content (AvgIpc) is 3.01. The number of anilines is 1. The smallest absolute Gasteiger partial charge is 0.257 e. The Bertz CT molecular complexity index is 1060. The van der Waals surface area contributed by atoms with Gasteiger partial charge in [0.2, 0.25) is 0 Å². The number of likely N-dealkylation sites (N-methyl/N-ethyl adjacent to an activating group) is 1. The molecule has 0 atom stereocenters. The van der Waals surface area contributed by atoms with Crippen LogP contribution in [0.2, 0.25) is 0 Å². The van der Waals surface area contributed by atoms with E-state index in [2.05, 4.69) is 45.8 Å². The first kappa shape index (κ1) is 18.5. The summed E-state index contributed by atoms with van der Waals surface area (Å²) in [5.41, 5.74) is 1.35. The molecule has 1 saturated heterocycles. The summed E-state index contributed by atoms with van der Waals surface area (Å²) in [6, 6.07) is 4.32. The summed E-state index contributed by atoms with van der Waals surface area (Å²) >= 11 is 0. The van der Waals surface area contributed by atoms with Crippen molar-refractivity contribution in [2.75, 3.05) is 25.0 Å². The Kier molecular flexibility index (Phi) is 4.41. The van der Waals surface area contributed by atoms with Crippen molar-refractivity contribution < 1.29 is 0 Å². The molecule has 0 aliphatic carbocycles. The molecule has 3 aromatic rings. The normalized spacial score (nSPS) is 15.4. The fourth-order valence-electron chi connectivity index (χ4n) is 3.40. The molecule has 1 fully saturated rings. The summed E-state index contributed by atoms with van der Waals surface area (Å²) < 4.78 is 3.35. The lowest BCUT2D eigenvalue weighted by atomic mass is 9.96. The number of aryl methyl sites for hydroxylation is 1. The second-order valence-corrected chi connectivity index (χ2v) is 8.54. The van der Waals surface area contributed by atoms with Gasteiger partial charge in [-0.3, -0.25) is 9.69 Å². The Morgan fingerprint density at radius 1 is 1.21 bits per heavy atom. The van der Waals surface area contributed by atoms with Crippen molar-refractivity contribution >= 4 is 11.5 Å². The first-order valence-electron chi connectivity index (χ1n) is 9.41. The minimum Gasteiger partial charge on any atom is -0.352 e. The number of rotatable bonds is 4. The van der Waals surface area contributed by atoms with Crippen molar-refractivity contribution in [3.63, 3.8) is 0 Å². The molecular formula is C19H26N8O. The van der Waals surface area contributed by atoms with Crippen molar-refractivity contribution in [2.45, 2.75) is 38.8 Å². The maximum atomic E-state index is 12.2. The van der Waals surface area contributed by atoms with E-state index in [9.17, 15) is 4.79 Å². The van der Waals surface area contributed by atoms with Crippen LogP contribution in [0.1, 0.15) is 32.2 Å². The van der Waals surface area contributed by atoms with Gasteiger partial charge < -0.3 is 9.47 Å². The minimum atomic E-state index is -0.126. The van der Waals surface area contributed by atoms with Crippen molar-refractivity contribution in [2.24, 2.45) is 7.05 Å². The summed E-state index contributed by atoms with van der Waals surface area (Å²) in [6.07, 6.45) is 3.19. The third-order valence-corrected chi connectivity index (χ3v) is 5.21. The molecule has 4 heterocycles. The first-order valence-corrected chi connectivity index (χ1v) is 9.41. The van der Waals surface area contributed by atoms with Crippen LogP contribution in [0.3, 0.4) is 0 Å². The van der Waals surface area contributed by atoms with Gasteiger partial charge in [-0.15, -0.1) is 15.3 Å². The topological polar surface area (TPSA) is 84.5 Å². The van der Waals surface area contributed by atoms with Crippen LogP contribution < -0.4 is 10.5 Å². The summed E-state index contributed by atoms with van der Waals surface area (Å²) in [5, 5.41) is 13.3. The first-order chi connectivity index (χ1) is 13.2. The summed E-state index contributed by atoms with van der Waals surface area (Å²) in [6.45, 7) is 8.63. The van der Waals surface area contributed by atoms with Gasteiger partial charge in [0.05, 0.1) is 6.33 Å². The van der Waals surface area contributed by atoms with E-state index in [1.165, 1.54) is 10.9 Å². The molecule has 0 N–H and O–H groups in total. The third-order valence-electron chi connectivity index (χ3n) is 5.21. The number of aromatic nitrogens is 6. The van der Waals surface area contributed by atoms with Gasteiger partial charge in [0, 0.05) is 49.9 Å². The summed E-state index contributed by atoms with van der Waals surface area (Å²) in [7, 11) is 3.77. The van der Waals surface area contributed by atoms with E-state index in [0.29, 0.717) is 18.2 Å². The van der Waals surface area contributed by atoms with E-state index in [4.69, 9.17) is 5.10 Å². The van der Waals surface area contributed by atoms with E-state index < -0.39 is 0 Å². The van der Waals surface area contributed by atoms with Crippen molar-refractivity contribution in [3.05, 3.63) is 46.4 Å². The van der Waals surface area contributed by atoms with Crippen molar-refractivity contribution in [3.8, 4) is 0 Å². The molecule has 3 aromatic heterocycles. The maximum absolute atomic E-state index is 12.2. The molecule has 1 aliphatic heterocycles. The standard InChI is InChI=1S/C19H26N8O/c1-19(2,3)18-22-21-15-6-7-16(23-27(15)18)26-10-14(11-26)24(4)9-13-8-20-12-25(5)17(13)28/h6-8,12,14H,9-11H2,1-5H3. The van der Waals surface area contributed by atoms with Crippen molar-refractivity contribution in [1.29, 1.82) is 0 Å². The quantitative estimate of drug-likeness (QED) is 0.661. The molecule has 28 heavy (non-hydrogen) atoms. The van der Waals surface area contributed by atoms with Gasteiger partial charge in [-0.1, -0.05) is 20.8 Å². The fraction of sp³-hybridized carbons (Fsp3) is 0.526. The van der Waals surface area contributed by atoms with Crippen molar-refractivity contribution in [1.82, 2.24) is 34.3 Å². The molecule has 0 spiro atoms. The van der Waals surface area contributed by atoms with Gasteiger partial charge in [0.25, 0.3) is 5.56 Å². The molecule has 0 unspecified atom stereocenters. The molecule has 148 valence electrons. The van der Waals surface area contributed by atoms with Gasteiger partial charge in [-0.25, -0.2) is 4.98 Å². The number of nitrogens with zero attached hydrogens (tertiary/aromatic N) is 8. The summed E-state index contributed by atoms with van der Waals surface area (Å²) in [5.74, 6) is 1.77. The lowest BCUT2D eigenvalue weighted by molar-refractivity contribution is 0.195. The van der Waals surface area contributed by atoms with Gasteiger partial charge in [-0.2, -0.15) is 4.52 Å². The van der Waals surface area contributed by atoms with Gasteiger partial charge in [-0.05, 0) is 19.2 Å². The van der Waals surface area contributed by atoms with E-state index in [-0.39, 0.29) is 11.0 Å². The fourth-order valence-corrected chi connectivity index (χ4v) is 3.40. The molecule has 0 aromatic carbocycles. The van der Waals surface area contributed by atoms with E-state index >= 15 is 0 Å². The highest BCUT2D eigenvalue weighted by atomic mass is 16.1. The monoisotopic (exact) mass is 382 g/mol. The Labute approximate surface area is 163 Å². The number of hydrogen-bond acceptors (Lipinski definition) is 7. The zero-order valence-corrected chi connectivity index (χ0v) is 17.0. The van der Waals surface area contributed by atoms with E-state index in [1.807, 2.05) is 23.7 Å². The number of hydrogen-bond donors (Lipinski definition) is 0. The van der Waals surface area contributed by atoms with E-state index in [0.717, 1.165) is 30.4 Å². The second-order valence-electron chi connectivity index (χ2n) is 8.54. The predicted molar refractivity (Wildman–Crippen MR) is 106 cm³/mol. The third kappa shape index (κ3) is 3.26. The highest BCUT2D eigenvalue weighted by Gasteiger charge is 2.32. The van der Waals surface area contributed by atoms with Crippen LogP contribution in [0.4, 0.5) is 5.82 Å². The van der Waals surface area contributed by atoms with Gasteiger partial charge in [0.1, 0.15) is 5.82 Å². The molecule has 0 saturated carbocycles. The Morgan fingerprint density at radius 3 is 2.68 bits per heavy atom. The van der Waals surface area contributed by atoms with E-state index in [1.54, 1.807) is 13.2 Å². The molecule has 1 aliphatic rings. The minimum absolute atomic E-state index is 0.00691. The molecule has 0 bridgehead atoms. The molecule has 4 rings (SSSR count). The Balaban J connectivity index is 1.46. The highest BCUT2D eigenvalue weighted by Crippen LogP contribution is 2.24. The van der Waals surface area contributed by atoms with Crippen LogP contribution in [-0.2, 0) is 19.0 Å². The summed E-state index contributed by atoms with van der Waals surface area (Å²) in [4.78, 5) is 20.7. The van der Waals surface area contributed by atoms with Gasteiger partial charge >= 0.3 is 0 Å². The average molecular weight is 382 g/mol. The van der Waals surface area contributed by atoms with Crippen LogP contribution >= 0.6 is 0 Å². The predicted octanol–water partition coefficient (Wildman–Crippen LogP) is 0.836. The SMILES string of the molecule is CN(Cc1cncn(C)c1=O)C1CN(c2ccc3nnc(C(C)(C)C)n3n2)C1. The Hall–Kier alpha value is -2.81. The highest BCUT2D eigenvalue weighted by molar-refractivity contribution is 5.48. The lowest BCUT2D eigenvalue weighted by Crippen LogP contribution is -2.58. The van der Waals surface area contributed by atoms with Crippen LogP contribution in [0, 0.1) is 0 Å². The Morgan fingerprint density at radius 2 is 1.96 bits per heavy atom. The van der Waals surface area contributed by atoms with Crippen LogP contribution in [0.25, 0.3) is 5.65 Å². The van der Waals surface area contributed by atoms with Crippen LogP contribution in [0.5, 0.6) is 0 Å². The largest absolute Gasteiger partial charge is 0.352 e. The molecular weight excluding hydrogens is 356 g/mol. The number of fused-ring (bicyclic) bond motifs is 1. The maximum Gasteiger partial charge on any atom is 0.257 e. The second kappa shape index (κ2) is 6.66. The van der Waals surface area contributed by atoms with Crippen LogP contribution in [0.15, 0.2) is 29.5 Å². The molecule has 0 amide bonds. The molecule has 9 heteroatoms. The van der Waals surface area contributed by atoms with Crippen LogP contribution in [-0.4, -0.2) is 60.4 Å². The molecule has 9 nitrogen and oxygen atoms in total. The zero-order valence-electron chi connectivity index (χ0n) is 17.0. The lowest BCUT2D eigenvalue weighted by Gasteiger charge is -2.44. The van der Waals surface area contributed by atoms with Gasteiger partial charge in [0.15, 0.2) is 11.5 Å².